The molecule has 2 aromatic carbocycles. The number of rotatable bonds is 4. The van der Waals surface area contributed by atoms with Crippen molar-refractivity contribution in [1.82, 2.24) is 14.9 Å². The third kappa shape index (κ3) is 4.31. The number of aryl methyl sites for hydroxylation is 2. The minimum absolute atomic E-state index is 0.317. The number of hydrogen-bond donors (Lipinski definition) is 1. The highest BCUT2D eigenvalue weighted by atomic mass is 16.3. The Balaban J connectivity index is 1.36. The number of benzene rings is 2. The molecular formula is C23H26N4O. The predicted octanol–water partition coefficient (Wildman–Crippen LogP) is 3.79. The van der Waals surface area contributed by atoms with E-state index in [0.29, 0.717) is 5.75 Å². The molecular weight excluding hydrogens is 348 g/mol. The monoisotopic (exact) mass is 374 g/mol. The van der Waals surface area contributed by atoms with Crippen molar-refractivity contribution >= 4 is 5.69 Å². The summed E-state index contributed by atoms with van der Waals surface area (Å²) in [7, 11) is 0. The lowest BCUT2D eigenvalue weighted by Gasteiger charge is -2.36. The number of phenols is 1. The van der Waals surface area contributed by atoms with E-state index in [4.69, 9.17) is 0 Å². The van der Waals surface area contributed by atoms with Crippen LogP contribution in [0, 0.1) is 13.8 Å². The molecule has 1 aromatic heterocycles. The zero-order valence-electron chi connectivity index (χ0n) is 16.5. The van der Waals surface area contributed by atoms with Gasteiger partial charge in [-0.1, -0.05) is 24.3 Å². The van der Waals surface area contributed by atoms with Gasteiger partial charge in [0.05, 0.1) is 0 Å². The highest BCUT2D eigenvalue weighted by molar-refractivity contribution is 5.55. The predicted molar refractivity (Wildman–Crippen MR) is 113 cm³/mol. The van der Waals surface area contributed by atoms with Gasteiger partial charge in [0.2, 0.25) is 0 Å². The Morgan fingerprint density at radius 3 is 2.04 bits per heavy atom. The topological polar surface area (TPSA) is 52.5 Å². The first kappa shape index (κ1) is 18.4. The van der Waals surface area contributed by atoms with Crippen molar-refractivity contribution in [2.45, 2.75) is 20.4 Å². The van der Waals surface area contributed by atoms with Gasteiger partial charge in [-0.25, -0.2) is 9.97 Å². The molecule has 1 fully saturated rings. The van der Waals surface area contributed by atoms with Crippen LogP contribution in [0.5, 0.6) is 5.75 Å². The van der Waals surface area contributed by atoms with Crippen molar-refractivity contribution in [3.8, 4) is 17.1 Å². The van der Waals surface area contributed by atoms with Gasteiger partial charge in [0.1, 0.15) is 5.75 Å². The zero-order chi connectivity index (χ0) is 19.5. The Bertz CT molecular complexity index is 910. The van der Waals surface area contributed by atoms with Crippen LogP contribution in [-0.4, -0.2) is 46.2 Å². The summed E-state index contributed by atoms with van der Waals surface area (Å²) in [5.74, 6) is 1.11. The first-order valence-corrected chi connectivity index (χ1v) is 9.75. The normalized spacial score (nSPS) is 15.0. The minimum Gasteiger partial charge on any atom is -0.508 e. The summed E-state index contributed by atoms with van der Waals surface area (Å²) in [5.41, 5.74) is 5.55. The third-order valence-corrected chi connectivity index (χ3v) is 5.19. The Labute approximate surface area is 166 Å². The first-order chi connectivity index (χ1) is 13.6. The fourth-order valence-electron chi connectivity index (χ4n) is 3.70. The molecule has 0 saturated carbocycles. The molecule has 0 unspecified atom stereocenters. The zero-order valence-corrected chi connectivity index (χ0v) is 16.5. The lowest BCUT2D eigenvalue weighted by molar-refractivity contribution is 0.250. The number of aromatic nitrogens is 2. The number of hydrogen-bond acceptors (Lipinski definition) is 5. The van der Waals surface area contributed by atoms with E-state index < -0.39 is 0 Å². The maximum absolute atomic E-state index is 9.45. The molecule has 1 saturated heterocycles. The van der Waals surface area contributed by atoms with Gasteiger partial charge in [0.25, 0.3) is 0 Å². The van der Waals surface area contributed by atoms with Crippen molar-refractivity contribution in [2.24, 2.45) is 0 Å². The molecule has 144 valence electrons. The molecule has 5 heteroatoms. The second kappa shape index (κ2) is 7.98. The summed E-state index contributed by atoms with van der Waals surface area (Å²) >= 11 is 0. The number of anilines is 1. The lowest BCUT2D eigenvalue weighted by Crippen LogP contribution is -2.45. The minimum atomic E-state index is 0.317. The molecule has 0 bridgehead atoms. The van der Waals surface area contributed by atoms with Crippen LogP contribution in [0.15, 0.2) is 54.6 Å². The fourth-order valence-corrected chi connectivity index (χ4v) is 3.70. The number of piperazine rings is 1. The van der Waals surface area contributed by atoms with E-state index in [0.717, 1.165) is 55.5 Å². The van der Waals surface area contributed by atoms with Gasteiger partial charge in [-0.15, -0.1) is 0 Å². The van der Waals surface area contributed by atoms with Crippen LogP contribution in [0.25, 0.3) is 11.4 Å². The first-order valence-electron chi connectivity index (χ1n) is 9.75. The fraction of sp³-hybridized carbons (Fsp3) is 0.304. The molecule has 3 aromatic rings. The van der Waals surface area contributed by atoms with Crippen molar-refractivity contribution in [3.63, 3.8) is 0 Å². The van der Waals surface area contributed by atoms with E-state index in [2.05, 4.69) is 44.0 Å². The number of nitrogens with zero attached hydrogens (tertiary/aromatic N) is 4. The molecule has 1 aliphatic rings. The molecule has 2 heterocycles. The van der Waals surface area contributed by atoms with Crippen LogP contribution >= 0.6 is 0 Å². The van der Waals surface area contributed by atoms with Gasteiger partial charge in [-0.05, 0) is 49.7 Å². The van der Waals surface area contributed by atoms with Gasteiger partial charge < -0.3 is 10.0 Å². The molecule has 4 rings (SSSR count). The quantitative estimate of drug-likeness (QED) is 0.753. The van der Waals surface area contributed by atoms with Crippen LogP contribution in [0.1, 0.15) is 17.0 Å². The van der Waals surface area contributed by atoms with E-state index >= 15 is 0 Å². The molecule has 0 spiro atoms. The van der Waals surface area contributed by atoms with Crippen LogP contribution < -0.4 is 4.90 Å². The summed E-state index contributed by atoms with van der Waals surface area (Å²) in [6, 6.07) is 18.1. The van der Waals surface area contributed by atoms with Crippen LogP contribution in [-0.2, 0) is 6.54 Å². The molecule has 1 aliphatic heterocycles. The van der Waals surface area contributed by atoms with Crippen LogP contribution in [0.4, 0.5) is 5.69 Å². The second-order valence-electron chi connectivity index (χ2n) is 7.45. The smallest absolute Gasteiger partial charge is 0.159 e. The Hall–Kier alpha value is -2.92. The van der Waals surface area contributed by atoms with E-state index in [1.165, 1.54) is 11.3 Å². The van der Waals surface area contributed by atoms with Gasteiger partial charge in [0, 0.05) is 55.4 Å². The number of aromatic hydroxyl groups is 1. The maximum atomic E-state index is 9.45. The summed E-state index contributed by atoms with van der Waals surface area (Å²) in [6.45, 7) is 9.02. The molecule has 28 heavy (non-hydrogen) atoms. The van der Waals surface area contributed by atoms with Crippen molar-refractivity contribution < 1.29 is 5.11 Å². The van der Waals surface area contributed by atoms with E-state index in [9.17, 15) is 5.11 Å². The van der Waals surface area contributed by atoms with Gasteiger partial charge in [-0.3, -0.25) is 4.90 Å². The Morgan fingerprint density at radius 1 is 0.821 bits per heavy atom. The summed E-state index contributed by atoms with van der Waals surface area (Å²) < 4.78 is 0. The molecule has 5 nitrogen and oxygen atoms in total. The third-order valence-electron chi connectivity index (χ3n) is 5.19. The number of phenolic OH excluding ortho intramolecular Hbond substituents is 1. The van der Waals surface area contributed by atoms with Gasteiger partial charge in [-0.2, -0.15) is 0 Å². The highest BCUT2D eigenvalue weighted by Crippen LogP contribution is 2.21. The summed E-state index contributed by atoms with van der Waals surface area (Å²) in [6.07, 6.45) is 0. The Kier molecular flexibility index (Phi) is 5.26. The molecule has 0 amide bonds. The van der Waals surface area contributed by atoms with Crippen LogP contribution in [0.3, 0.4) is 0 Å². The van der Waals surface area contributed by atoms with Crippen LogP contribution in [0.2, 0.25) is 0 Å². The summed E-state index contributed by atoms with van der Waals surface area (Å²) in [5, 5.41) is 9.45. The SMILES string of the molecule is Cc1cc(C)nc(-c2ccc(CN3CCN(c4ccc(O)cc4)CC3)cc2)n1. The van der Waals surface area contributed by atoms with Crippen molar-refractivity contribution in [1.29, 1.82) is 0 Å². The highest BCUT2D eigenvalue weighted by Gasteiger charge is 2.17. The van der Waals surface area contributed by atoms with E-state index in [1.54, 1.807) is 12.1 Å². The average molecular weight is 374 g/mol. The molecule has 1 N–H and O–H groups in total. The van der Waals surface area contributed by atoms with E-state index in [-0.39, 0.29) is 0 Å². The van der Waals surface area contributed by atoms with Gasteiger partial charge >= 0.3 is 0 Å². The summed E-state index contributed by atoms with van der Waals surface area (Å²) in [4.78, 5) is 14.0. The maximum Gasteiger partial charge on any atom is 0.159 e. The molecule has 0 radical (unpaired) electrons. The van der Waals surface area contributed by atoms with Crippen molar-refractivity contribution in [2.75, 3.05) is 31.1 Å². The second-order valence-corrected chi connectivity index (χ2v) is 7.45. The van der Waals surface area contributed by atoms with E-state index in [1.807, 2.05) is 32.0 Å². The average Bonchev–Trinajstić information content (AvgIpc) is 2.69. The Morgan fingerprint density at radius 2 is 1.43 bits per heavy atom. The lowest BCUT2D eigenvalue weighted by atomic mass is 10.1. The molecule has 0 atom stereocenters. The largest absolute Gasteiger partial charge is 0.508 e. The van der Waals surface area contributed by atoms with Crippen molar-refractivity contribution in [3.05, 3.63) is 71.5 Å². The standard InChI is InChI=1S/C23H26N4O/c1-17-15-18(2)25-23(24-17)20-5-3-19(4-6-20)16-26-11-13-27(14-12-26)21-7-9-22(28)10-8-21/h3-10,15,28H,11-14,16H2,1-2H3. The van der Waals surface area contributed by atoms with Gasteiger partial charge in [0.15, 0.2) is 5.82 Å². The molecule has 0 aliphatic carbocycles.